The van der Waals surface area contributed by atoms with Gasteiger partial charge in [0.15, 0.2) is 12.6 Å². The molecule has 0 aromatic heterocycles. The molecule has 2 saturated heterocycles. The van der Waals surface area contributed by atoms with Crippen molar-refractivity contribution >= 4 is 0 Å². The van der Waals surface area contributed by atoms with E-state index in [9.17, 15) is 0 Å². The Morgan fingerprint density at radius 1 is 0.577 bits per heavy atom. The summed E-state index contributed by atoms with van der Waals surface area (Å²) in [6, 6.07) is 20.2. The average molecular weight is 354 g/mol. The van der Waals surface area contributed by atoms with Gasteiger partial charge in [-0.05, 0) is 12.8 Å². The molecule has 0 spiro atoms. The minimum absolute atomic E-state index is 0.0249. The van der Waals surface area contributed by atoms with Crippen LogP contribution in [0.15, 0.2) is 60.7 Å². The van der Waals surface area contributed by atoms with Crippen LogP contribution < -0.4 is 0 Å². The monoisotopic (exact) mass is 354 g/mol. The Hall–Kier alpha value is -1.72. The molecule has 26 heavy (non-hydrogen) atoms. The molecule has 2 fully saturated rings. The lowest BCUT2D eigenvalue weighted by atomic mass is 9.95. The molecule has 2 aromatic rings. The summed E-state index contributed by atoms with van der Waals surface area (Å²) in [4.78, 5) is 0. The minimum atomic E-state index is -0.378. The van der Waals surface area contributed by atoms with E-state index in [2.05, 4.69) is 13.8 Å². The van der Waals surface area contributed by atoms with Gasteiger partial charge in [-0.15, -0.1) is 0 Å². The molecule has 4 heteroatoms. The van der Waals surface area contributed by atoms with Gasteiger partial charge in [0.1, 0.15) is 12.2 Å². The SMILES string of the molecule is CCC1O[C@H](c2ccccc2)OC2C(CC)OC(c3ccccc3)OC12. The maximum absolute atomic E-state index is 6.32. The van der Waals surface area contributed by atoms with E-state index in [4.69, 9.17) is 18.9 Å². The number of hydrogen-bond donors (Lipinski definition) is 0. The van der Waals surface area contributed by atoms with Crippen LogP contribution in [0.2, 0.25) is 0 Å². The van der Waals surface area contributed by atoms with Gasteiger partial charge in [-0.1, -0.05) is 74.5 Å². The topological polar surface area (TPSA) is 36.9 Å². The molecule has 2 aliphatic rings. The summed E-state index contributed by atoms with van der Waals surface area (Å²) in [5.74, 6) is 0. The van der Waals surface area contributed by atoms with Crippen molar-refractivity contribution in [3.05, 3.63) is 71.8 Å². The Balaban J connectivity index is 1.59. The van der Waals surface area contributed by atoms with E-state index in [-0.39, 0.29) is 37.0 Å². The number of hydrogen-bond acceptors (Lipinski definition) is 4. The summed E-state index contributed by atoms with van der Waals surface area (Å²) in [6.45, 7) is 4.26. The first-order valence-corrected chi connectivity index (χ1v) is 9.52. The van der Waals surface area contributed by atoms with Gasteiger partial charge in [0.2, 0.25) is 0 Å². The molecule has 2 aromatic carbocycles. The number of ether oxygens (including phenoxy) is 4. The third-order valence-corrected chi connectivity index (χ3v) is 5.16. The standard InChI is InChI=1S/C22H26O4/c1-3-17-19-20(26-21(23-17)15-11-7-5-8-12-15)18(4-2)24-22(25-19)16-13-9-6-10-14-16/h5-14,17-22H,3-4H2,1-2H3/t17?,18?,19?,20?,21-,22?/m0/s1. The lowest BCUT2D eigenvalue weighted by Crippen LogP contribution is -2.57. The van der Waals surface area contributed by atoms with E-state index < -0.39 is 0 Å². The van der Waals surface area contributed by atoms with Crippen LogP contribution in [-0.2, 0) is 18.9 Å². The molecule has 0 bridgehead atoms. The van der Waals surface area contributed by atoms with Crippen LogP contribution in [0, 0.1) is 0 Å². The predicted octanol–water partition coefficient (Wildman–Crippen LogP) is 4.77. The maximum Gasteiger partial charge on any atom is 0.184 e. The minimum Gasteiger partial charge on any atom is -0.342 e. The molecule has 2 aliphatic heterocycles. The van der Waals surface area contributed by atoms with Crippen molar-refractivity contribution in [3.8, 4) is 0 Å². The van der Waals surface area contributed by atoms with Gasteiger partial charge in [-0.25, -0.2) is 0 Å². The number of benzene rings is 2. The molecule has 0 saturated carbocycles. The highest BCUT2D eigenvalue weighted by atomic mass is 16.8. The second kappa shape index (κ2) is 7.89. The summed E-state index contributed by atoms with van der Waals surface area (Å²) in [6.07, 6.45) is 0.658. The van der Waals surface area contributed by atoms with Crippen LogP contribution in [0.25, 0.3) is 0 Å². The van der Waals surface area contributed by atoms with Gasteiger partial charge in [0, 0.05) is 11.1 Å². The van der Waals surface area contributed by atoms with Crippen LogP contribution in [0.1, 0.15) is 50.4 Å². The lowest BCUT2D eigenvalue weighted by Gasteiger charge is -2.49. The van der Waals surface area contributed by atoms with E-state index in [1.54, 1.807) is 0 Å². The third-order valence-electron chi connectivity index (χ3n) is 5.16. The summed E-state index contributed by atoms with van der Waals surface area (Å²) in [7, 11) is 0. The zero-order valence-corrected chi connectivity index (χ0v) is 15.3. The van der Waals surface area contributed by atoms with Crippen molar-refractivity contribution in [2.24, 2.45) is 0 Å². The second-order valence-corrected chi connectivity index (χ2v) is 6.85. The van der Waals surface area contributed by atoms with Gasteiger partial charge >= 0.3 is 0 Å². The summed E-state index contributed by atoms with van der Waals surface area (Å²) in [5.41, 5.74) is 2.06. The fraction of sp³-hybridized carbons (Fsp3) is 0.455. The van der Waals surface area contributed by atoms with Crippen molar-refractivity contribution in [2.75, 3.05) is 0 Å². The van der Waals surface area contributed by atoms with E-state index in [0.29, 0.717) is 0 Å². The predicted molar refractivity (Wildman–Crippen MR) is 98.4 cm³/mol. The molecule has 5 unspecified atom stereocenters. The molecular formula is C22H26O4. The Morgan fingerprint density at radius 2 is 0.962 bits per heavy atom. The van der Waals surface area contributed by atoms with Gasteiger partial charge < -0.3 is 18.9 Å². The fourth-order valence-electron chi connectivity index (χ4n) is 3.77. The van der Waals surface area contributed by atoms with Gasteiger partial charge in [-0.3, -0.25) is 0 Å². The second-order valence-electron chi connectivity index (χ2n) is 6.85. The first kappa shape index (κ1) is 17.7. The smallest absolute Gasteiger partial charge is 0.184 e. The van der Waals surface area contributed by atoms with Crippen LogP contribution in [0.5, 0.6) is 0 Å². The summed E-state index contributed by atoms with van der Waals surface area (Å²) < 4.78 is 25.2. The van der Waals surface area contributed by atoms with Crippen LogP contribution in [0.3, 0.4) is 0 Å². The molecule has 2 heterocycles. The molecule has 0 radical (unpaired) electrons. The van der Waals surface area contributed by atoms with Crippen molar-refractivity contribution < 1.29 is 18.9 Å². The highest BCUT2D eigenvalue weighted by Gasteiger charge is 2.48. The van der Waals surface area contributed by atoms with Crippen molar-refractivity contribution in [1.29, 1.82) is 0 Å². The fourth-order valence-corrected chi connectivity index (χ4v) is 3.77. The van der Waals surface area contributed by atoms with Crippen LogP contribution in [0.4, 0.5) is 0 Å². The molecule has 138 valence electrons. The Bertz CT molecular complexity index is 628. The molecule has 6 atom stereocenters. The highest BCUT2D eigenvalue weighted by molar-refractivity contribution is 5.18. The third kappa shape index (κ3) is 3.42. The van der Waals surface area contributed by atoms with E-state index >= 15 is 0 Å². The lowest BCUT2D eigenvalue weighted by molar-refractivity contribution is -0.382. The Labute approximate surface area is 155 Å². The summed E-state index contributed by atoms with van der Waals surface area (Å²) in [5, 5.41) is 0. The van der Waals surface area contributed by atoms with Crippen molar-refractivity contribution in [1.82, 2.24) is 0 Å². The Morgan fingerprint density at radius 3 is 1.31 bits per heavy atom. The number of fused-ring (bicyclic) bond motifs is 1. The first-order valence-electron chi connectivity index (χ1n) is 9.52. The zero-order chi connectivity index (χ0) is 17.9. The largest absolute Gasteiger partial charge is 0.342 e. The molecule has 0 amide bonds. The quantitative estimate of drug-likeness (QED) is 0.792. The van der Waals surface area contributed by atoms with Gasteiger partial charge in [0.25, 0.3) is 0 Å². The van der Waals surface area contributed by atoms with Crippen LogP contribution >= 0.6 is 0 Å². The van der Waals surface area contributed by atoms with Crippen molar-refractivity contribution in [3.63, 3.8) is 0 Å². The highest BCUT2D eigenvalue weighted by Crippen LogP contribution is 2.41. The maximum atomic E-state index is 6.32. The summed E-state index contributed by atoms with van der Waals surface area (Å²) >= 11 is 0. The van der Waals surface area contributed by atoms with Crippen molar-refractivity contribution in [2.45, 2.75) is 63.7 Å². The van der Waals surface area contributed by atoms with E-state index in [1.165, 1.54) is 0 Å². The average Bonchev–Trinajstić information content (AvgIpc) is 2.73. The molecule has 4 nitrogen and oxygen atoms in total. The van der Waals surface area contributed by atoms with Crippen LogP contribution in [-0.4, -0.2) is 24.4 Å². The van der Waals surface area contributed by atoms with Gasteiger partial charge in [-0.2, -0.15) is 0 Å². The normalized spacial score (nSPS) is 34.2. The number of rotatable bonds is 4. The zero-order valence-electron chi connectivity index (χ0n) is 15.3. The van der Waals surface area contributed by atoms with E-state index in [1.807, 2.05) is 60.7 Å². The van der Waals surface area contributed by atoms with E-state index in [0.717, 1.165) is 24.0 Å². The first-order chi connectivity index (χ1) is 12.8. The molecule has 0 N–H and O–H groups in total. The molecule has 0 aliphatic carbocycles. The molecular weight excluding hydrogens is 328 g/mol. The Kier molecular flexibility index (Phi) is 5.36. The molecule has 4 rings (SSSR count). The van der Waals surface area contributed by atoms with Gasteiger partial charge in [0.05, 0.1) is 12.2 Å².